The van der Waals surface area contributed by atoms with Crippen LogP contribution in [0.4, 0.5) is 5.69 Å². The van der Waals surface area contributed by atoms with Gasteiger partial charge in [0.2, 0.25) is 0 Å². The largest absolute Gasteiger partial charge is 0.493 e. The molecule has 1 aromatic heterocycles. The van der Waals surface area contributed by atoms with E-state index < -0.39 is 0 Å². The predicted octanol–water partition coefficient (Wildman–Crippen LogP) is 4.42. The summed E-state index contributed by atoms with van der Waals surface area (Å²) in [5.41, 5.74) is 3.38. The van der Waals surface area contributed by atoms with Gasteiger partial charge in [-0.2, -0.15) is 0 Å². The van der Waals surface area contributed by atoms with Gasteiger partial charge in [-0.15, -0.1) is 6.58 Å². The number of amides is 1. The van der Waals surface area contributed by atoms with E-state index in [0.717, 1.165) is 16.8 Å². The first-order valence-electron chi connectivity index (χ1n) is 9.68. The van der Waals surface area contributed by atoms with Gasteiger partial charge in [-0.3, -0.25) is 9.78 Å². The molecule has 1 aliphatic heterocycles. The molecule has 6 nitrogen and oxygen atoms in total. The van der Waals surface area contributed by atoms with Crippen LogP contribution in [0.25, 0.3) is 0 Å². The molecule has 30 heavy (non-hydrogen) atoms. The second kappa shape index (κ2) is 8.69. The van der Waals surface area contributed by atoms with Crippen LogP contribution in [0.15, 0.2) is 79.6 Å². The summed E-state index contributed by atoms with van der Waals surface area (Å²) in [6, 6.07) is 17.0. The third-order valence-corrected chi connectivity index (χ3v) is 5.00. The fourth-order valence-electron chi connectivity index (χ4n) is 3.50. The SMILES string of the molecule is C=CCN1C(=O)c2ccccc2NC1c1ccc(OCc2ccncc2)c(OC)c1. The molecule has 1 amide bonds. The number of hydrogen-bond acceptors (Lipinski definition) is 5. The van der Waals surface area contributed by atoms with Gasteiger partial charge in [0.1, 0.15) is 12.8 Å². The zero-order valence-corrected chi connectivity index (χ0v) is 16.7. The summed E-state index contributed by atoms with van der Waals surface area (Å²) < 4.78 is 11.5. The van der Waals surface area contributed by atoms with E-state index in [9.17, 15) is 4.79 Å². The van der Waals surface area contributed by atoms with Crippen molar-refractivity contribution in [2.45, 2.75) is 12.8 Å². The van der Waals surface area contributed by atoms with E-state index >= 15 is 0 Å². The Morgan fingerprint density at radius 3 is 2.70 bits per heavy atom. The van der Waals surface area contributed by atoms with Gasteiger partial charge in [-0.25, -0.2) is 0 Å². The standard InChI is InChI=1S/C24H23N3O3/c1-3-14-27-23(26-20-7-5-4-6-19(20)24(27)28)18-8-9-21(22(15-18)29-2)30-16-17-10-12-25-13-11-17/h3-13,15,23,26H,1,14,16H2,2H3. The van der Waals surface area contributed by atoms with E-state index in [1.807, 2.05) is 54.6 Å². The molecule has 1 N–H and O–H groups in total. The molecule has 1 aliphatic rings. The third-order valence-electron chi connectivity index (χ3n) is 5.00. The number of para-hydroxylation sites is 1. The summed E-state index contributed by atoms with van der Waals surface area (Å²) in [6.45, 7) is 4.64. The van der Waals surface area contributed by atoms with Crippen LogP contribution >= 0.6 is 0 Å². The van der Waals surface area contributed by atoms with Crippen LogP contribution in [0.2, 0.25) is 0 Å². The van der Waals surface area contributed by atoms with Crippen LogP contribution in [0.3, 0.4) is 0 Å². The van der Waals surface area contributed by atoms with Crippen molar-refractivity contribution in [1.82, 2.24) is 9.88 Å². The molecule has 0 bridgehead atoms. The minimum absolute atomic E-state index is 0.0359. The Morgan fingerprint density at radius 2 is 1.93 bits per heavy atom. The van der Waals surface area contributed by atoms with Crippen molar-refractivity contribution in [2.24, 2.45) is 0 Å². The number of hydrogen-bond donors (Lipinski definition) is 1. The van der Waals surface area contributed by atoms with Crippen molar-refractivity contribution in [3.05, 3.63) is 96.3 Å². The molecule has 2 aromatic carbocycles. The maximum atomic E-state index is 13.0. The average molecular weight is 401 g/mol. The highest BCUT2D eigenvalue weighted by molar-refractivity contribution is 6.01. The van der Waals surface area contributed by atoms with Crippen molar-refractivity contribution in [3.8, 4) is 11.5 Å². The normalized spacial score (nSPS) is 15.2. The van der Waals surface area contributed by atoms with Crippen molar-refractivity contribution >= 4 is 11.6 Å². The summed E-state index contributed by atoms with van der Waals surface area (Å²) in [6.07, 6.45) is 4.85. The Bertz CT molecular complexity index is 1050. The van der Waals surface area contributed by atoms with Gasteiger partial charge in [-0.1, -0.05) is 24.3 Å². The number of carbonyl (C=O) groups is 1. The van der Waals surface area contributed by atoms with Gasteiger partial charge < -0.3 is 19.7 Å². The van der Waals surface area contributed by atoms with Crippen molar-refractivity contribution in [2.75, 3.05) is 19.0 Å². The number of methoxy groups -OCH3 is 1. The van der Waals surface area contributed by atoms with E-state index in [2.05, 4.69) is 16.9 Å². The molecular formula is C24H23N3O3. The van der Waals surface area contributed by atoms with Crippen LogP contribution in [-0.2, 0) is 6.61 Å². The molecule has 0 radical (unpaired) electrons. The Hall–Kier alpha value is -3.80. The molecule has 0 spiro atoms. The monoisotopic (exact) mass is 401 g/mol. The van der Waals surface area contributed by atoms with Gasteiger partial charge in [0.25, 0.3) is 5.91 Å². The van der Waals surface area contributed by atoms with Crippen LogP contribution in [0.1, 0.15) is 27.7 Å². The quantitative estimate of drug-likeness (QED) is 0.594. The summed E-state index contributed by atoms with van der Waals surface area (Å²) in [5.74, 6) is 1.20. The Kier molecular flexibility index (Phi) is 5.66. The smallest absolute Gasteiger partial charge is 0.258 e. The molecule has 0 fully saturated rings. The number of pyridine rings is 1. The second-order valence-electron chi connectivity index (χ2n) is 6.89. The van der Waals surface area contributed by atoms with E-state index in [1.54, 1.807) is 30.5 Å². The average Bonchev–Trinajstić information content (AvgIpc) is 2.80. The number of nitrogens with zero attached hydrogens (tertiary/aromatic N) is 2. The summed E-state index contributed by atoms with van der Waals surface area (Å²) in [5, 5.41) is 3.46. The number of anilines is 1. The van der Waals surface area contributed by atoms with Gasteiger partial charge in [0.05, 0.1) is 12.7 Å². The maximum Gasteiger partial charge on any atom is 0.258 e. The predicted molar refractivity (Wildman–Crippen MR) is 116 cm³/mol. The molecule has 0 saturated carbocycles. The Morgan fingerprint density at radius 1 is 1.13 bits per heavy atom. The first-order chi connectivity index (χ1) is 14.7. The number of nitrogens with one attached hydrogen (secondary N) is 1. The lowest BCUT2D eigenvalue weighted by atomic mass is 10.0. The fourth-order valence-corrected chi connectivity index (χ4v) is 3.50. The van der Waals surface area contributed by atoms with E-state index in [-0.39, 0.29) is 12.1 Å². The third kappa shape index (κ3) is 3.85. The molecule has 1 atom stereocenters. The van der Waals surface area contributed by atoms with Gasteiger partial charge in [0, 0.05) is 24.6 Å². The molecule has 3 aromatic rings. The van der Waals surface area contributed by atoms with E-state index in [0.29, 0.717) is 30.2 Å². The highest BCUT2D eigenvalue weighted by Gasteiger charge is 2.32. The zero-order valence-electron chi connectivity index (χ0n) is 16.7. The van der Waals surface area contributed by atoms with Gasteiger partial charge >= 0.3 is 0 Å². The van der Waals surface area contributed by atoms with Gasteiger partial charge in [0.15, 0.2) is 11.5 Å². The van der Waals surface area contributed by atoms with Crippen molar-refractivity contribution in [3.63, 3.8) is 0 Å². The molecule has 6 heteroatoms. The Labute approximate surface area is 175 Å². The van der Waals surface area contributed by atoms with E-state index in [4.69, 9.17) is 9.47 Å². The van der Waals surface area contributed by atoms with Crippen molar-refractivity contribution < 1.29 is 14.3 Å². The maximum absolute atomic E-state index is 13.0. The molecule has 0 aliphatic carbocycles. The van der Waals surface area contributed by atoms with Crippen LogP contribution in [0.5, 0.6) is 11.5 Å². The molecule has 4 rings (SSSR count). The van der Waals surface area contributed by atoms with Crippen LogP contribution in [0, 0.1) is 0 Å². The zero-order chi connectivity index (χ0) is 20.9. The van der Waals surface area contributed by atoms with Crippen LogP contribution < -0.4 is 14.8 Å². The lowest BCUT2D eigenvalue weighted by Crippen LogP contribution is -2.42. The first-order valence-corrected chi connectivity index (χ1v) is 9.68. The van der Waals surface area contributed by atoms with Crippen molar-refractivity contribution in [1.29, 1.82) is 0 Å². The second-order valence-corrected chi connectivity index (χ2v) is 6.89. The Balaban J connectivity index is 1.62. The summed E-state index contributed by atoms with van der Waals surface area (Å²) in [7, 11) is 1.61. The number of ether oxygens (including phenoxy) is 2. The number of benzene rings is 2. The first kappa shape index (κ1) is 19.5. The minimum Gasteiger partial charge on any atom is -0.493 e. The lowest BCUT2D eigenvalue weighted by molar-refractivity contribution is 0.0707. The molecular weight excluding hydrogens is 378 g/mol. The topological polar surface area (TPSA) is 63.7 Å². The lowest BCUT2D eigenvalue weighted by Gasteiger charge is -2.37. The summed E-state index contributed by atoms with van der Waals surface area (Å²) in [4.78, 5) is 18.8. The molecule has 0 saturated heterocycles. The fraction of sp³-hybridized carbons (Fsp3) is 0.167. The highest BCUT2D eigenvalue weighted by atomic mass is 16.5. The number of carbonyl (C=O) groups excluding carboxylic acids is 1. The number of rotatable bonds is 7. The summed E-state index contributed by atoms with van der Waals surface area (Å²) >= 11 is 0. The molecule has 1 unspecified atom stereocenters. The van der Waals surface area contributed by atoms with Crippen LogP contribution in [-0.4, -0.2) is 29.4 Å². The van der Waals surface area contributed by atoms with E-state index in [1.165, 1.54) is 0 Å². The molecule has 2 heterocycles. The minimum atomic E-state index is -0.339. The number of fused-ring (bicyclic) bond motifs is 1. The van der Waals surface area contributed by atoms with Gasteiger partial charge in [-0.05, 0) is 47.5 Å². The highest BCUT2D eigenvalue weighted by Crippen LogP contribution is 2.37. The number of aromatic nitrogens is 1. The molecule has 152 valence electrons.